The predicted octanol–water partition coefficient (Wildman–Crippen LogP) is 1.45. The fraction of sp³-hybridized carbons (Fsp3) is 0.500. The number of carboxylic acid groups (broad SMARTS) is 1. The largest absolute Gasteiger partial charge is 0.480 e. The van der Waals surface area contributed by atoms with Gasteiger partial charge in [0.2, 0.25) is 11.8 Å². The van der Waals surface area contributed by atoms with Crippen LogP contribution in [0, 0.1) is 0 Å². The summed E-state index contributed by atoms with van der Waals surface area (Å²) in [7, 11) is 0. The van der Waals surface area contributed by atoms with Crippen molar-refractivity contribution in [2.24, 2.45) is 0 Å². The fourth-order valence-corrected chi connectivity index (χ4v) is 4.65. The molecule has 2 saturated heterocycles. The molecule has 0 bridgehead atoms. The first-order valence-corrected chi connectivity index (χ1v) is 9.61. The molecule has 3 aliphatic heterocycles. The van der Waals surface area contributed by atoms with Crippen molar-refractivity contribution in [3.63, 3.8) is 0 Å². The summed E-state index contributed by atoms with van der Waals surface area (Å²) in [4.78, 5) is 54.8. The molecule has 0 saturated carbocycles. The standard InChI is InChI=1S/C20H23N3O5/c1-20-10-9-16(24)23(20)14-7-3-2-6-13(14)18(26)22(20)12-17(25)21-11-5-4-8-15(21)19(27)28/h2-3,6-7,15H,4-5,8-12H2,1H3,(H,27,28). The van der Waals surface area contributed by atoms with Gasteiger partial charge in [0.15, 0.2) is 0 Å². The van der Waals surface area contributed by atoms with Gasteiger partial charge in [0.25, 0.3) is 5.91 Å². The maximum Gasteiger partial charge on any atom is 0.326 e. The number of fused-ring (bicyclic) bond motifs is 3. The minimum absolute atomic E-state index is 0.0821. The number of hydrogen-bond acceptors (Lipinski definition) is 4. The Kier molecular flexibility index (Phi) is 4.36. The first-order valence-electron chi connectivity index (χ1n) is 9.61. The van der Waals surface area contributed by atoms with Gasteiger partial charge in [-0.2, -0.15) is 0 Å². The Labute approximate surface area is 162 Å². The predicted molar refractivity (Wildman–Crippen MR) is 99.6 cm³/mol. The zero-order chi connectivity index (χ0) is 20.1. The second kappa shape index (κ2) is 6.61. The summed E-state index contributed by atoms with van der Waals surface area (Å²) in [5.74, 6) is -1.80. The highest BCUT2D eigenvalue weighted by atomic mass is 16.4. The number of amides is 3. The van der Waals surface area contributed by atoms with Crippen LogP contribution in [0.1, 0.15) is 49.4 Å². The molecule has 0 spiro atoms. The van der Waals surface area contributed by atoms with Gasteiger partial charge in [0.05, 0.1) is 11.3 Å². The first kappa shape index (κ1) is 18.5. The first-order chi connectivity index (χ1) is 13.3. The van der Waals surface area contributed by atoms with Crippen LogP contribution in [-0.2, 0) is 14.4 Å². The lowest BCUT2D eigenvalue weighted by molar-refractivity contribution is -0.152. The third kappa shape index (κ3) is 2.66. The molecule has 28 heavy (non-hydrogen) atoms. The monoisotopic (exact) mass is 385 g/mol. The Bertz CT molecular complexity index is 869. The van der Waals surface area contributed by atoms with E-state index in [2.05, 4.69) is 0 Å². The number of likely N-dealkylation sites (tertiary alicyclic amines) is 1. The fourth-order valence-electron chi connectivity index (χ4n) is 4.65. The lowest BCUT2D eigenvalue weighted by atomic mass is 9.97. The molecule has 0 radical (unpaired) electrons. The third-order valence-corrected chi connectivity index (χ3v) is 6.15. The lowest BCUT2D eigenvalue weighted by Gasteiger charge is -2.49. The van der Waals surface area contributed by atoms with Crippen molar-refractivity contribution in [2.45, 2.75) is 50.7 Å². The van der Waals surface area contributed by atoms with Crippen molar-refractivity contribution < 1.29 is 24.3 Å². The topological polar surface area (TPSA) is 98.2 Å². The average molecular weight is 385 g/mol. The summed E-state index contributed by atoms with van der Waals surface area (Å²) >= 11 is 0. The number of aliphatic carboxylic acids is 1. The van der Waals surface area contributed by atoms with E-state index < -0.39 is 17.7 Å². The average Bonchev–Trinajstić information content (AvgIpc) is 3.00. The molecule has 1 N–H and O–H groups in total. The maximum atomic E-state index is 13.2. The summed E-state index contributed by atoms with van der Waals surface area (Å²) in [5.41, 5.74) is 0.0335. The minimum Gasteiger partial charge on any atom is -0.480 e. The lowest BCUT2D eigenvalue weighted by Crippen LogP contribution is -2.64. The summed E-state index contributed by atoms with van der Waals surface area (Å²) in [6, 6.07) is 6.05. The third-order valence-electron chi connectivity index (χ3n) is 6.15. The number of carboxylic acids is 1. The Morgan fingerprint density at radius 2 is 1.96 bits per heavy atom. The second-order valence-corrected chi connectivity index (χ2v) is 7.79. The van der Waals surface area contributed by atoms with Gasteiger partial charge in [-0.3, -0.25) is 19.3 Å². The molecule has 8 nitrogen and oxygen atoms in total. The molecule has 2 fully saturated rings. The van der Waals surface area contributed by atoms with Gasteiger partial charge in [-0.25, -0.2) is 4.79 Å². The number of hydrogen-bond donors (Lipinski definition) is 1. The van der Waals surface area contributed by atoms with E-state index in [-0.39, 0.29) is 24.3 Å². The molecule has 148 valence electrons. The van der Waals surface area contributed by atoms with E-state index in [0.717, 1.165) is 12.8 Å². The van der Waals surface area contributed by atoms with Gasteiger partial charge in [0.1, 0.15) is 18.2 Å². The summed E-state index contributed by atoms with van der Waals surface area (Å²) in [5, 5.41) is 9.45. The zero-order valence-electron chi connectivity index (χ0n) is 15.8. The number of rotatable bonds is 3. The molecule has 2 unspecified atom stereocenters. The van der Waals surface area contributed by atoms with Gasteiger partial charge in [-0.1, -0.05) is 12.1 Å². The minimum atomic E-state index is -1.02. The SMILES string of the molecule is CC12CCC(=O)N1c1ccccc1C(=O)N2CC(=O)N1CCCCC1C(=O)O. The van der Waals surface area contributed by atoms with E-state index in [1.54, 1.807) is 36.1 Å². The zero-order valence-corrected chi connectivity index (χ0v) is 15.8. The van der Waals surface area contributed by atoms with Gasteiger partial charge in [-0.15, -0.1) is 0 Å². The van der Waals surface area contributed by atoms with Gasteiger partial charge in [0, 0.05) is 13.0 Å². The molecular weight excluding hydrogens is 362 g/mol. The molecular formula is C20H23N3O5. The summed E-state index contributed by atoms with van der Waals surface area (Å²) in [6.07, 6.45) is 2.65. The van der Waals surface area contributed by atoms with Crippen LogP contribution in [0.15, 0.2) is 24.3 Å². The van der Waals surface area contributed by atoms with Crippen LogP contribution >= 0.6 is 0 Å². The highest BCUT2D eigenvalue weighted by Crippen LogP contribution is 2.43. The Morgan fingerprint density at radius 1 is 1.21 bits per heavy atom. The molecule has 3 aliphatic rings. The molecule has 0 aromatic heterocycles. The molecule has 2 atom stereocenters. The molecule has 0 aliphatic carbocycles. The van der Waals surface area contributed by atoms with E-state index in [1.807, 2.05) is 0 Å². The van der Waals surface area contributed by atoms with Crippen molar-refractivity contribution in [3.8, 4) is 0 Å². The number of anilines is 1. The molecule has 3 heterocycles. The van der Waals surface area contributed by atoms with Crippen molar-refractivity contribution in [2.75, 3.05) is 18.0 Å². The molecule has 8 heteroatoms. The van der Waals surface area contributed by atoms with E-state index in [4.69, 9.17) is 0 Å². The Morgan fingerprint density at radius 3 is 2.71 bits per heavy atom. The van der Waals surface area contributed by atoms with Crippen LogP contribution in [0.25, 0.3) is 0 Å². The number of carbonyl (C=O) groups is 4. The van der Waals surface area contributed by atoms with Gasteiger partial charge >= 0.3 is 5.97 Å². The highest BCUT2D eigenvalue weighted by molar-refractivity contribution is 6.11. The number of benzene rings is 1. The maximum absolute atomic E-state index is 13.2. The van der Waals surface area contributed by atoms with Gasteiger partial charge in [-0.05, 0) is 44.7 Å². The number of nitrogens with zero attached hydrogens (tertiary/aromatic N) is 3. The van der Waals surface area contributed by atoms with Crippen LogP contribution < -0.4 is 4.90 Å². The Balaban J connectivity index is 1.67. The molecule has 4 rings (SSSR count). The van der Waals surface area contributed by atoms with Crippen molar-refractivity contribution in [1.29, 1.82) is 0 Å². The van der Waals surface area contributed by atoms with E-state index in [0.29, 0.717) is 37.1 Å². The highest BCUT2D eigenvalue weighted by Gasteiger charge is 2.53. The normalized spacial score (nSPS) is 26.9. The molecule has 1 aromatic rings. The number of para-hydroxylation sites is 1. The van der Waals surface area contributed by atoms with Crippen LogP contribution in [0.5, 0.6) is 0 Å². The number of piperidine rings is 1. The molecule has 3 amide bonds. The number of carbonyl (C=O) groups excluding carboxylic acids is 3. The Hall–Kier alpha value is -2.90. The summed E-state index contributed by atoms with van der Waals surface area (Å²) in [6.45, 7) is 1.93. The van der Waals surface area contributed by atoms with Crippen molar-refractivity contribution >= 4 is 29.4 Å². The van der Waals surface area contributed by atoms with Crippen LogP contribution in [0.3, 0.4) is 0 Å². The quantitative estimate of drug-likeness (QED) is 0.849. The second-order valence-electron chi connectivity index (χ2n) is 7.79. The van der Waals surface area contributed by atoms with E-state index in [1.165, 1.54) is 9.80 Å². The van der Waals surface area contributed by atoms with Crippen LogP contribution in [-0.4, -0.2) is 63.4 Å². The van der Waals surface area contributed by atoms with Crippen molar-refractivity contribution in [1.82, 2.24) is 9.80 Å². The molecule has 1 aromatic carbocycles. The smallest absolute Gasteiger partial charge is 0.326 e. The van der Waals surface area contributed by atoms with E-state index >= 15 is 0 Å². The van der Waals surface area contributed by atoms with E-state index in [9.17, 15) is 24.3 Å². The van der Waals surface area contributed by atoms with Crippen LogP contribution in [0.2, 0.25) is 0 Å². The summed E-state index contributed by atoms with van der Waals surface area (Å²) < 4.78 is 0. The van der Waals surface area contributed by atoms with Gasteiger partial charge < -0.3 is 14.9 Å². The van der Waals surface area contributed by atoms with Crippen LogP contribution in [0.4, 0.5) is 5.69 Å². The van der Waals surface area contributed by atoms with Crippen molar-refractivity contribution in [3.05, 3.63) is 29.8 Å².